The number of carbonyl (C=O) groups is 2. The van der Waals surface area contributed by atoms with Gasteiger partial charge in [0.25, 0.3) is 5.91 Å². The number of nitrogens with zero attached hydrogens (tertiary/aromatic N) is 1. The monoisotopic (exact) mass is 467 g/mol. The van der Waals surface area contributed by atoms with E-state index in [1.807, 2.05) is 50.2 Å². The molecule has 1 aliphatic heterocycles. The van der Waals surface area contributed by atoms with Gasteiger partial charge in [-0.2, -0.15) is 0 Å². The zero-order valence-electron chi connectivity index (χ0n) is 19.6. The highest BCUT2D eigenvalue weighted by atomic mass is 16.5. The fourth-order valence-corrected chi connectivity index (χ4v) is 4.45. The highest BCUT2D eigenvalue weighted by Gasteiger charge is 2.43. The van der Waals surface area contributed by atoms with E-state index in [4.69, 9.17) is 9.15 Å². The van der Waals surface area contributed by atoms with E-state index >= 15 is 0 Å². The molecule has 0 saturated heterocycles. The number of amides is 1. The summed E-state index contributed by atoms with van der Waals surface area (Å²) < 4.78 is 11.3. The highest BCUT2D eigenvalue weighted by Crippen LogP contribution is 2.41. The number of unbranched alkanes of at least 4 members (excludes halogenated alkanes) is 1. The SMILES string of the molecule is CCCCOC(=O)c1ccc(N2C(=O)c3oc4ccc(C)cc4c(=O)c3C2c2ccccc2)cc1. The van der Waals surface area contributed by atoms with Gasteiger partial charge >= 0.3 is 5.97 Å². The molecule has 1 amide bonds. The second-order valence-corrected chi connectivity index (χ2v) is 8.70. The van der Waals surface area contributed by atoms with Gasteiger partial charge in [0, 0.05) is 5.69 Å². The van der Waals surface area contributed by atoms with Crippen LogP contribution in [0, 0.1) is 6.92 Å². The maximum Gasteiger partial charge on any atom is 0.338 e. The Balaban J connectivity index is 1.61. The normalized spacial score (nSPS) is 14.9. The summed E-state index contributed by atoms with van der Waals surface area (Å²) in [6.07, 6.45) is 1.74. The first-order chi connectivity index (χ1) is 17.0. The van der Waals surface area contributed by atoms with Crippen LogP contribution in [-0.2, 0) is 4.74 Å². The van der Waals surface area contributed by atoms with Gasteiger partial charge in [0.1, 0.15) is 5.58 Å². The lowest BCUT2D eigenvalue weighted by Crippen LogP contribution is -2.29. The number of esters is 1. The van der Waals surface area contributed by atoms with E-state index in [1.54, 1.807) is 41.3 Å². The third-order valence-corrected chi connectivity index (χ3v) is 6.25. The molecule has 0 aliphatic carbocycles. The van der Waals surface area contributed by atoms with Gasteiger partial charge in [0.05, 0.1) is 29.2 Å². The van der Waals surface area contributed by atoms with E-state index in [0.717, 1.165) is 24.0 Å². The zero-order valence-corrected chi connectivity index (χ0v) is 19.6. The number of anilines is 1. The molecule has 5 rings (SSSR count). The van der Waals surface area contributed by atoms with Gasteiger partial charge in [0.2, 0.25) is 5.76 Å². The number of fused-ring (bicyclic) bond motifs is 2. The Kier molecular flexibility index (Phi) is 5.95. The Labute approximate surface area is 202 Å². The first kappa shape index (κ1) is 22.6. The first-order valence-electron chi connectivity index (χ1n) is 11.7. The van der Waals surface area contributed by atoms with Crippen LogP contribution in [0.3, 0.4) is 0 Å². The standard InChI is InChI=1S/C29H25NO5/c1-3-4-16-34-29(33)20-11-13-21(14-12-20)30-25(19-8-6-5-7-9-19)24-26(31)22-17-18(2)10-15-23(22)35-27(24)28(30)32/h5-15,17,25H,3-4,16H2,1-2H3. The van der Waals surface area contributed by atoms with Crippen molar-refractivity contribution in [1.82, 2.24) is 0 Å². The second-order valence-electron chi connectivity index (χ2n) is 8.70. The summed E-state index contributed by atoms with van der Waals surface area (Å²) in [7, 11) is 0. The van der Waals surface area contributed by atoms with E-state index in [9.17, 15) is 14.4 Å². The van der Waals surface area contributed by atoms with Crippen LogP contribution in [0.15, 0.2) is 82.0 Å². The molecular weight excluding hydrogens is 442 g/mol. The molecule has 1 aliphatic rings. The Morgan fingerprint density at radius 1 is 1.00 bits per heavy atom. The zero-order chi connectivity index (χ0) is 24.5. The van der Waals surface area contributed by atoms with Crippen LogP contribution in [0.2, 0.25) is 0 Å². The summed E-state index contributed by atoms with van der Waals surface area (Å²) in [6.45, 7) is 4.31. The van der Waals surface area contributed by atoms with Crippen molar-refractivity contribution in [2.45, 2.75) is 32.7 Å². The Hall–Kier alpha value is -4.19. The largest absolute Gasteiger partial charge is 0.462 e. The number of benzene rings is 3. The van der Waals surface area contributed by atoms with E-state index < -0.39 is 17.9 Å². The van der Waals surface area contributed by atoms with Crippen LogP contribution in [0.1, 0.15) is 63.4 Å². The maximum atomic E-state index is 13.6. The molecule has 0 fully saturated rings. The smallest absolute Gasteiger partial charge is 0.338 e. The molecule has 0 saturated carbocycles. The summed E-state index contributed by atoms with van der Waals surface area (Å²) in [5, 5.41) is 0.449. The van der Waals surface area contributed by atoms with Crippen molar-refractivity contribution in [3.63, 3.8) is 0 Å². The molecule has 2 heterocycles. The Morgan fingerprint density at radius 3 is 2.46 bits per heavy atom. The molecule has 1 atom stereocenters. The summed E-state index contributed by atoms with van der Waals surface area (Å²) in [5.74, 6) is -0.755. The van der Waals surface area contributed by atoms with Crippen LogP contribution >= 0.6 is 0 Å². The van der Waals surface area contributed by atoms with Crippen LogP contribution in [0.4, 0.5) is 5.69 Å². The third kappa shape index (κ3) is 4.01. The molecule has 1 unspecified atom stereocenters. The van der Waals surface area contributed by atoms with Crippen LogP contribution in [0.25, 0.3) is 11.0 Å². The average Bonchev–Trinajstić information content (AvgIpc) is 3.17. The van der Waals surface area contributed by atoms with E-state index in [1.165, 1.54) is 0 Å². The molecule has 0 spiro atoms. The number of hydrogen-bond acceptors (Lipinski definition) is 5. The Morgan fingerprint density at radius 2 is 1.74 bits per heavy atom. The fourth-order valence-electron chi connectivity index (χ4n) is 4.45. The predicted molar refractivity (Wildman–Crippen MR) is 134 cm³/mol. The van der Waals surface area contributed by atoms with Crippen molar-refractivity contribution in [3.8, 4) is 0 Å². The molecule has 0 radical (unpaired) electrons. The lowest BCUT2D eigenvalue weighted by molar-refractivity contribution is 0.0499. The third-order valence-electron chi connectivity index (χ3n) is 6.25. The van der Waals surface area contributed by atoms with Crippen molar-refractivity contribution >= 4 is 28.5 Å². The van der Waals surface area contributed by atoms with Gasteiger partial charge in [-0.25, -0.2) is 4.79 Å². The van der Waals surface area contributed by atoms with Crippen LogP contribution < -0.4 is 10.3 Å². The molecule has 176 valence electrons. The number of aryl methyl sites for hydroxylation is 1. The van der Waals surface area contributed by atoms with Gasteiger partial charge < -0.3 is 9.15 Å². The van der Waals surface area contributed by atoms with E-state index in [0.29, 0.717) is 34.4 Å². The summed E-state index contributed by atoms with van der Waals surface area (Å²) >= 11 is 0. The lowest BCUT2D eigenvalue weighted by atomic mass is 9.98. The minimum absolute atomic E-state index is 0.0447. The number of carbonyl (C=O) groups excluding carboxylic acids is 2. The molecule has 4 aromatic rings. The molecule has 6 heteroatoms. The van der Waals surface area contributed by atoms with Gasteiger partial charge in [0.15, 0.2) is 5.43 Å². The second kappa shape index (κ2) is 9.22. The lowest BCUT2D eigenvalue weighted by Gasteiger charge is -2.25. The number of ether oxygens (including phenoxy) is 1. The number of rotatable bonds is 6. The van der Waals surface area contributed by atoms with E-state index in [-0.39, 0.29) is 11.2 Å². The summed E-state index contributed by atoms with van der Waals surface area (Å²) in [5.41, 5.74) is 3.17. The predicted octanol–water partition coefficient (Wildman–Crippen LogP) is 5.81. The van der Waals surface area contributed by atoms with Crippen molar-refractivity contribution in [2.75, 3.05) is 11.5 Å². The molecule has 35 heavy (non-hydrogen) atoms. The molecule has 0 bridgehead atoms. The topological polar surface area (TPSA) is 76.8 Å². The quantitative estimate of drug-likeness (QED) is 0.264. The average molecular weight is 468 g/mol. The molecule has 1 aromatic heterocycles. The van der Waals surface area contributed by atoms with Gasteiger partial charge in [-0.1, -0.05) is 55.3 Å². The summed E-state index contributed by atoms with van der Waals surface area (Å²) in [4.78, 5) is 41.2. The molecule has 6 nitrogen and oxygen atoms in total. The molecular formula is C29H25NO5. The van der Waals surface area contributed by atoms with Crippen LogP contribution in [0.5, 0.6) is 0 Å². The minimum atomic E-state index is -0.651. The number of hydrogen-bond donors (Lipinski definition) is 0. The van der Waals surface area contributed by atoms with Crippen molar-refractivity contribution < 1.29 is 18.7 Å². The minimum Gasteiger partial charge on any atom is -0.462 e. The maximum absolute atomic E-state index is 13.6. The van der Waals surface area contributed by atoms with Crippen molar-refractivity contribution in [1.29, 1.82) is 0 Å². The van der Waals surface area contributed by atoms with Crippen molar-refractivity contribution in [3.05, 3.63) is 111 Å². The first-order valence-corrected chi connectivity index (χ1v) is 11.7. The Bertz CT molecular complexity index is 1470. The van der Waals surface area contributed by atoms with Gasteiger partial charge in [-0.3, -0.25) is 14.5 Å². The van der Waals surface area contributed by atoms with Gasteiger partial charge in [-0.05, 0) is 55.3 Å². The molecule has 0 N–H and O–H groups in total. The fraction of sp³-hybridized carbons (Fsp3) is 0.207. The van der Waals surface area contributed by atoms with E-state index in [2.05, 4.69) is 0 Å². The van der Waals surface area contributed by atoms with Gasteiger partial charge in [-0.15, -0.1) is 0 Å². The summed E-state index contributed by atoms with van der Waals surface area (Å²) in [6, 6.07) is 20.8. The van der Waals surface area contributed by atoms with Crippen LogP contribution in [-0.4, -0.2) is 18.5 Å². The van der Waals surface area contributed by atoms with Crippen molar-refractivity contribution in [2.24, 2.45) is 0 Å². The highest BCUT2D eigenvalue weighted by molar-refractivity contribution is 6.10. The molecule has 3 aromatic carbocycles.